The number of aromatic nitrogens is 2. The SMILES string of the molecule is CN1CCCc2n1cc[n+]2C. The number of fused-ring (bicyclic) bond motifs is 1. The molecule has 0 aromatic carbocycles. The summed E-state index contributed by atoms with van der Waals surface area (Å²) in [7, 11) is 4.23. The first-order valence-corrected chi connectivity index (χ1v) is 4.06. The molecule has 0 aliphatic carbocycles. The van der Waals surface area contributed by atoms with Crippen LogP contribution in [0.25, 0.3) is 0 Å². The van der Waals surface area contributed by atoms with Crippen molar-refractivity contribution >= 4 is 0 Å². The van der Waals surface area contributed by atoms with E-state index in [4.69, 9.17) is 0 Å². The monoisotopic (exact) mass is 152 g/mol. The molecule has 0 unspecified atom stereocenters. The molecule has 0 radical (unpaired) electrons. The second-order valence-electron chi connectivity index (χ2n) is 3.15. The quantitative estimate of drug-likeness (QED) is 0.470. The summed E-state index contributed by atoms with van der Waals surface area (Å²) in [5, 5.41) is 2.25. The Labute approximate surface area is 66.8 Å². The molecule has 0 spiro atoms. The third-order valence-electron chi connectivity index (χ3n) is 2.35. The number of aryl methyl sites for hydroxylation is 1. The minimum Gasteiger partial charge on any atom is -0.247 e. The maximum atomic E-state index is 2.25. The number of hydrogen-bond acceptors (Lipinski definition) is 1. The van der Waals surface area contributed by atoms with Crippen LogP contribution in [0.15, 0.2) is 12.4 Å². The van der Waals surface area contributed by atoms with E-state index < -0.39 is 0 Å². The zero-order valence-corrected chi connectivity index (χ0v) is 7.12. The average molecular weight is 152 g/mol. The predicted molar refractivity (Wildman–Crippen MR) is 42.9 cm³/mol. The van der Waals surface area contributed by atoms with E-state index in [0.717, 1.165) is 0 Å². The summed E-state index contributed by atoms with van der Waals surface area (Å²) in [6.45, 7) is 1.17. The lowest BCUT2D eigenvalue weighted by Crippen LogP contribution is -2.42. The second kappa shape index (κ2) is 2.26. The molecule has 1 aliphatic rings. The van der Waals surface area contributed by atoms with Crippen molar-refractivity contribution in [1.29, 1.82) is 0 Å². The van der Waals surface area contributed by atoms with Gasteiger partial charge >= 0.3 is 0 Å². The average Bonchev–Trinajstić information content (AvgIpc) is 2.35. The van der Waals surface area contributed by atoms with E-state index in [1.165, 1.54) is 25.2 Å². The molecule has 2 rings (SSSR count). The lowest BCUT2D eigenvalue weighted by atomic mass is 10.2. The zero-order chi connectivity index (χ0) is 7.84. The van der Waals surface area contributed by atoms with E-state index in [1.54, 1.807) is 0 Å². The highest BCUT2D eigenvalue weighted by molar-refractivity contribution is 4.96. The van der Waals surface area contributed by atoms with Gasteiger partial charge in [0.25, 0.3) is 5.82 Å². The van der Waals surface area contributed by atoms with E-state index in [9.17, 15) is 0 Å². The van der Waals surface area contributed by atoms with E-state index >= 15 is 0 Å². The van der Waals surface area contributed by atoms with E-state index in [-0.39, 0.29) is 0 Å². The van der Waals surface area contributed by atoms with Crippen molar-refractivity contribution < 1.29 is 4.57 Å². The molecule has 1 aromatic heterocycles. The highest BCUT2D eigenvalue weighted by Crippen LogP contribution is 2.06. The Bertz CT molecular complexity index is 264. The van der Waals surface area contributed by atoms with Crippen molar-refractivity contribution in [2.45, 2.75) is 12.8 Å². The molecular weight excluding hydrogens is 138 g/mol. The predicted octanol–water partition coefficient (Wildman–Crippen LogP) is -0.173. The fourth-order valence-corrected chi connectivity index (χ4v) is 1.67. The van der Waals surface area contributed by atoms with E-state index in [1.807, 2.05) is 0 Å². The molecule has 0 fully saturated rings. The van der Waals surface area contributed by atoms with Gasteiger partial charge in [-0.2, -0.15) is 0 Å². The number of rotatable bonds is 0. The summed E-state index contributed by atoms with van der Waals surface area (Å²) in [5.74, 6) is 1.40. The normalized spacial score (nSPS) is 16.7. The van der Waals surface area contributed by atoms with Gasteiger partial charge in [0, 0.05) is 7.05 Å². The summed E-state index contributed by atoms with van der Waals surface area (Å²) in [4.78, 5) is 0. The molecule has 3 heteroatoms. The molecule has 0 N–H and O–H groups in total. The minimum atomic E-state index is 1.17. The summed E-state index contributed by atoms with van der Waals surface area (Å²) in [5.41, 5.74) is 0. The Hall–Kier alpha value is -0.990. The molecule has 1 aliphatic heterocycles. The molecule has 0 bridgehead atoms. The fourth-order valence-electron chi connectivity index (χ4n) is 1.67. The molecule has 3 nitrogen and oxygen atoms in total. The van der Waals surface area contributed by atoms with Crippen LogP contribution in [-0.2, 0) is 13.5 Å². The van der Waals surface area contributed by atoms with Gasteiger partial charge in [-0.3, -0.25) is 0 Å². The Kier molecular flexibility index (Phi) is 1.37. The van der Waals surface area contributed by atoms with Crippen LogP contribution in [0.4, 0.5) is 0 Å². The third kappa shape index (κ3) is 0.914. The van der Waals surface area contributed by atoms with Gasteiger partial charge < -0.3 is 0 Å². The van der Waals surface area contributed by atoms with Crippen molar-refractivity contribution in [1.82, 2.24) is 4.68 Å². The molecule has 2 heterocycles. The number of hydrogen-bond donors (Lipinski definition) is 0. The van der Waals surface area contributed by atoms with Crippen LogP contribution in [0.2, 0.25) is 0 Å². The van der Waals surface area contributed by atoms with Gasteiger partial charge in [0.05, 0.1) is 20.0 Å². The summed E-state index contributed by atoms with van der Waals surface area (Å²) in [6, 6.07) is 0. The first kappa shape index (κ1) is 6.70. The Balaban J connectivity index is 2.46. The first-order chi connectivity index (χ1) is 5.29. The summed E-state index contributed by atoms with van der Waals surface area (Å²) in [6.07, 6.45) is 6.70. The van der Waals surface area contributed by atoms with Gasteiger partial charge in [0.2, 0.25) is 0 Å². The first-order valence-electron chi connectivity index (χ1n) is 4.06. The van der Waals surface area contributed by atoms with Crippen molar-refractivity contribution in [2.75, 3.05) is 18.6 Å². The molecule has 0 amide bonds. The summed E-state index contributed by atoms with van der Waals surface area (Å²) < 4.78 is 4.42. The largest absolute Gasteiger partial charge is 0.279 e. The fraction of sp³-hybridized carbons (Fsp3) is 0.625. The van der Waals surface area contributed by atoms with Crippen LogP contribution in [0.5, 0.6) is 0 Å². The van der Waals surface area contributed by atoms with E-state index in [0.29, 0.717) is 0 Å². The van der Waals surface area contributed by atoms with Gasteiger partial charge in [0.1, 0.15) is 6.20 Å². The van der Waals surface area contributed by atoms with Gasteiger partial charge in [-0.1, -0.05) is 0 Å². The molecular formula is C8H14N3+. The minimum absolute atomic E-state index is 1.17. The number of imidazole rings is 1. The maximum absolute atomic E-state index is 2.25. The zero-order valence-electron chi connectivity index (χ0n) is 7.12. The maximum Gasteiger partial charge on any atom is 0.279 e. The third-order valence-corrected chi connectivity index (χ3v) is 2.35. The highest BCUT2D eigenvalue weighted by atomic mass is 15.6. The second-order valence-corrected chi connectivity index (χ2v) is 3.15. The molecule has 0 saturated heterocycles. The van der Waals surface area contributed by atoms with Gasteiger partial charge in [-0.15, -0.1) is 4.68 Å². The molecule has 11 heavy (non-hydrogen) atoms. The Morgan fingerprint density at radius 3 is 3.09 bits per heavy atom. The molecule has 1 aromatic rings. The van der Waals surface area contributed by atoms with E-state index in [2.05, 4.69) is 40.7 Å². The van der Waals surface area contributed by atoms with Gasteiger partial charge in [0.15, 0.2) is 6.20 Å². The lowest BCUT2D eigenvalue weighted by molar-refractivity contribution is -0.679. The molecule has 0 atom stereocenters. The smallest absolute Gasteiger partial charge is 0.247 e. The van der Waals surface area contributed by atoms with Crippen molar-refractivity contribution in [3.8, 4) is 0 Å². The van der Waals surface area contributed by atoms with Crippen LogP contribution in [0.1, 0.15) is 12.2 Å². The van der Waals surface area contributed by atoms with Crippen LogP contribution in [0, 0.1) is 0 Å². The standard InChI is InChI=1S/C8H14N3/c1-9-6-7-11-8(9)4-3-5-10(11)2/h6-7H,3-5H2,1-2H3/q+1. The van der Waals surface area contributed by atoms with Gasteiger partial charge in [-0.25, -0.2) is 9.58 Å². The van der Waals surface area contributed by atoms with Crippen LogP contribution in [0.3, 0.4) is 0 Å². The van der Waals surface area contributed by atoms with Crippen molar-refractivity contribution in [2.24, 2.45) is 7.05 Å². The topological polar surface area (TPSA) is 12.1 Å². The molecule has 0 saturated carbocycles. The van der Waals surface area contributed by atoms with Crippen LogP contribution in [-0.4, -0.2) is 18.3 Å². The van der Waals surface area contributed by atoms with Crippen molar-refractivity contribution in [3.63, 3.8) is 0 Å². The molecule has 60 valence electrons. The van der Waals surface area contributed by atoms with Crippen molar-refractivity contribution in [3.05, 3.63) is 18.2 Å². The van der Waals surface area contributed by atoms with Crippen LogP contribution < -0.4 is 9.58 Å². The summed E-state index contributed by atoms with van der Waals surface area (Å²) >= 11 is 0. The lowest BCUT2D eigenvalue weighted by Gasteiger charge is -2.20. The highest BCUT2D eigenvalue weighted by Gasteiger charge is 2.21. The number of nitrogens with zero attached hydrogens (tertiary/aromatic N) is 3. The Morgan fingerprint density at radius 2 is 2.36 bits per heavy atom. The van der Waals surface area contributed by atoms with Gasteiger partial charge in [-0.05, 0) is 6.42 Å². The van der Waals surface area contributed by atoms with Crippen LogP contribution >= 0.6 is 0 Å². The Morgan fingerprint density at radius 1 is 1.55 bits per heavy atom.